The number of hydrogen-bond acceptors (Lipinski definition) is 4. The smallest absolute Gasteiger partial charge is 0.329 e. The van der Waals surface area contributed by atoms with E-state index in [0.29, 0.717) is 16.9 Å². The summed E-state index contributed by atoms with van der Waals surface area (Å²) in [6.45, 7) is -1.42. The summed E-state index contributed by atoms with van der Waals surface area (Å²) in [4.78, 5) is 35.1. The number of carbonyl (C=O) groups excluding carboxylic acids is 2. The van der Waals surface area contributed by atoms with Gasteiger partial charge in [-0.05, 0) is 29.8 Å². The van der Waals surface area contributed by atoms with Gasteiger partial charge < -0.3 is 10.6 Å². The maximum absolute atomic E-state index is 12.2. The van der Waals surface area contributed by atoms with Gasteiger partial charge in [-0.1, -0.05) is 12.1 Å². The van der Waals surface area contributed by atoms with Crippen LogP contribution in [0.1, 0.15) is 11.6 Å². The molecule has 1 atom stereocenters. The number of nitrogens with zero attached hydrogens (tertiary/aromatic N) is 4. The van der Waals surface area contributed by atoms with Crippen molar-refractivity contribution in [3.8, 4) is 11.3 Å². The third-order valence-corrected chi connectivity index (χ3v) is 4.43. The van der Waals surface area contributed by atoms with Gasteiger partial charge in [0.1, 0.15) is 18.2 Å². The Morgan fingerprint density at radius 3 is 2.77 bits per heavy atom. The minimum atomic E-state index is -4.49. The summed E-state index contributed by atoms with van der Waals surface area (Å²) in [5.41, 5.74) is 3.21. The van der Waals surface area contributed by atoms with Crippen LogP contribution in [0.15, 0.2) is 58.8 Å². The maximum atomic E-state index is 12.2. The molecule has 0 saturated carbocycles. The number of amides is 3. The summed E-state index contributed by atoms with van der Waals surface area (Å²) in [6.07, 6.45) is 1.59. The lowest BCUT2D eigenvalue weighted by Crippen LogP contribution is -2.36. The van der Waals surface area contributed by atoms with Gasteiger partial charge in [-0.15, -0.1) is 0 Å². The van der Waals surface area contributed by atoms with E-state index in [-0.39, 0.29) is 6.04 Å². The number of benzene rings is 1. The van der Waals surface area contributed by atoms with Gasteiger partial charge in [-0.3, -0.25) is 14.2 Å². The molecule has 158 valence electrons. The highest BCUT2D eigenvalue weighted by Crippen LogP contribution is 2.26. The number of anilines is 1. The minimum absolute atomic E-state index is 0.334. The van der Waals surface area contributed by atoms with Crippen molar-refractivity contribution in [2.75, 3.05) is 11.9 Å². The number of hydrogen-bond donors (Lipinski definition) is 2. The lowest BCUT2D eigenvalue weighted by molar-refractivity contribution is -0.122. The predicted molar refractivity (Wildman–Crippen MR) is 108 cm³/mol. The van der Waals surface area contributed by atoms with E-state index in [1.165, 1.54) is 12.4 Å². The minimum Gasteiger partial charge on any atom is -0.329 e. The van der Waals surface area contributed by atoms with E-state index in [1.54, 1.807) is 42.0 Å². The second-order valence-electron chi connectivity index (χ2n) is 6.67. The molecule has 3 heterocycles. The van der Waals surface area contributed by atoms with E-state index in [1.807, 2.05) is 16.5 Å². The molecular formula is C20H15F3N6O2. The molecule has 2 N–H and O–H groups in total. The van der Waals surface area contributed by atoms with Crippen LogP contribution in [0.2, 0.25) is 0 Å². The zero-order valence-electron chi connectivity index (χ0n) is 15.8. The lowest BCUT2D eigenvalue weighted by atomic mass is 10.1. The Hall–Kier alpha value is -4.02. The number of halogens is 3. The number of nitrogens with one attached hydrogen (secondary N) is 2. The van der Waals surface area contributed by atoms with Gasteiger partial charge in [0.2, 0.25) is 0 Å². The fourth-order valence-electron chi connectivity index (χ4n) is 3.04. The second kappa shape index (κ2) is 8.01. The second-order valence-corrected chi connectivity index (χ2v) is 6.67. The number of carbonyl (C=O) groups is 2. The quantitative estimate of drug-likeness (QED) is 0.666. The Morgan fingerprint density at radius 1 is 1.19 bits per heavy atom. The number of pyridine rings is 1. The Balaban J connectivity index is 1.54. The average Bonchev–Trinajstić information content (AvgIpc) is 3.16. The number of imidazole rings is 1. The van der Waals surface area contributed by atoms with Crippen LogP contribution in [0.25, 0.3) is 16.9 Å². The van der Waals surface area contributed by atoms with Crippen LogP contribution in [0.4, 0.5) is 23.7 Å². The van der Waals surface area contributed by atoms with Crippen LogP contribution in [0.3, 0.4) is 0 Å². The SMILES string of the molecule is O=C1C=NC(c2ccn3c(-c4cccc(NC(=O)NCC(F)(F)F)c4)cnc3c2)C=N1. The van der Waals surface area contributed by atoms with Crippen molar-refractivity contribution in [1.29, 1.82) is 0 Å². The highest BCUT2D eigenvalue weighted by molar-refractivity contribution is 6.29. The largest absolute Gasteiger partial charge is 0.405 e. The van der Waals surface area contributed by atoms with Crippen LogP contribution < -0.4 is 10.6 Å². The van der Waals surface area contributed by atoms with Crippen molar-refractivity contribution in [3.05, 3.63) is 54.4 Å². The molecule has 2 aromatic heterocycles. The number of aromatic nitrogens is 2. The average molecular weight is 428 g/mol. The first-order valence-electron chi connectivity index (χ1n) is 9.09. The standard InChI is InChI=1S/C20H15F3N6O2/c21-20(22,23)11-27-19(31)28-14-3-1-2-13(6-14)16-9-25-17-7-12(4-5-29(16)17)15-8-26-18(30)10-24-15/h1-10,15H,11H2,(H2,27,28,31). The molecule has 1 aliphatic rings. The van der Waals surface area contributed by atoms with Crippen molar-refractivity contribution < 1.29 is 22.8 Å². The molecule has 11 heteroatoms. The molecule has 8 nitrogen and oxygen atoms in total. The maximum Gasteiger partial charge on any atom is 0.405 e. The molecule has 0 fully saturated rings. The van der Waals surface area contributed by atoms with Crippen LogP contribution >= 0.6 is 0 Å². The van der Waals surface area contributed by atoms with Gasteiger partial charge in [0.05, 0.1) is 18.1 Å². The molecule has 1 aromatic carbocycles. The zero-order chi connectivity index (χ0) is 22.0. The monoisotopic (exact) mass is 428 g/mol. The lowest BCUT2D eigenvalue weighted by Gasteiger charge is -2.11. The first-order chi connectivity index (χ1) is 14.8. The van der Waals surface area contributed by atoms with Crippen molar-refractivity contribution >= 4 is 35.7 Å². The third kappa shape index (κ3) is 4.77. The molecule has 0 radical (unpaired) electrons. The number of aliphatic imine (C=N–C) groups is 2. The topological polar surface area (TPSA) is 100 Å². The van der Waals surface area contributed by atoms with Crippen molar-refractivity contribution in [1.82, 2.24) is 14.7 Å². The Morgan fingerprint density at radius 2 is 2.03 bits per heavy atom. The molecule has 31 heavy (non-hydrogen) atoms. The highest BCUT2D eigenvalue weighted by Gasteiger charge is 2.27. The molecule has 0 bridgehead atoms. The van der Waals surface area contributed by atoms with Crippen molar-refractivity contribution in [2.24, 2.45) is 9.98 Å². The van der Waals surface area contributed by atoms with Crippen LogP contribution in [-0.2, 0) is 4.79 Å². The third-order valence-electron chi connectivity index (χ3n) is 4.43. The Kier molecular flexibility index (Phi) is 5.24. The first kappa shape index (κ1) is 20.3. The van der Waals surface area contributed by atoms with Gasteiger partial charge in [0.25, 0.3) is 5.91 Å². The molecule has 0 saturated heterocycles. The van der Waals surface area contributed by atoms with Crippen LogP contribution in [0.5, 0.6) is 0 Å². The number of urea groups is 1. The molecule has 4 rings (SSSR count). The number of alkyl halides is 3. The predicted octanol–water partition coefficient (Wildman–Crippen LogP) is 3.41. The molecule has 1 aliphatic heterocycles. The van der Waals surface area contributed by atoms with E-state index in [4.69, 9.17) is 0 Å². The number of rotatable bonds is 4. The summed E-state index contributed by atoms with van der Waals surface area (Å²) in [6, 6.07) is 8.99. The van der Waals surface area contributed by atoms with Crippen LogP contribution in [-0.4, -0.2) is 46.5 Å². The van der Waals surface area contributed by atoms with Gasteiger partial charge in [-0.2, -0.15) is 13.2 Å². The van der Waals surface area contributed by atoms with E-state index >= 15 is 0 Å². The van der Waals surface area contributed by atoms with Crippen molar-refractivity contribution in [2.45, 2.75) is 12.2 Å². The summed E-state index contributed by atoms with van der Waals surface area (Å²) in [5, 5.41) is 4.14. The molecule has 0 spiro atoms. The van der Waals surface area contributed by atoms with Crippen LogP contribution in [0, 0.1) is 0 Å². The molecule has 3 amide bonds. The zero-order valence-corrected chi connectivity index (χ0v) is 15.8. The van der Waals surface area contributed by atoms with Gasteiger partial charge in [0.15, 0.2) is 0 Å². The van der Waals surface area contributed by atoms with E-state index in [2.05, 4.69) is 20.3 Å². The number of fused-ring (bicyclic) bond motifs is 1. The van der Waals surface area contributed by atoms with Gasteiger partial charge in [-0.25, -0.2) is 14.8 Å². The normalized spacial score (nSPS) is 16.0. The Bertz CT molecular complexity index is 1200. The summed E-state index contributed by atoms with van der Waals surface area (Å²) in [7, 11) is 0. The van der Waals surface area contributed by atoms with E-state index < -0.39 is 24.7 Å². The highest BCUT2D eigenvalue weighted by atomic mass is 19.4. The van der Waals surface area contributed by atoms with Gasteiger partial charge in [0, 0.05) is 23.7 Å². The summed E-state index contributed by atoms with van der Waals surface area (Å²) >= 11 is 0. The van der Waals surface area contributed by atoms with Crippen molar-refractivity contribution in [3.63, 3.8) is 0 Å². The Labute approximate surface area is 173 Å². The molecule has 1 unspecified atom stereocenters. The first-order valence-corrected chi connectivity index (χ1v) is 9.09. The van der Waals surface area contributed by atoms with Gasteiger partial charge >= 0.3 is 12.2 Å². The summed E-state index contributed by atoms with van der Waals surface area (Å²) in [5.74, 6) is -0.402. The molecular weight excluding hydrogens is 413 g/mol. The fraction of sp³-hybridized carbons (Fsp3) is 0.150. The van der Waals surface area contributed by atoms with E-state index in [0.717, 1.165) is 11.3 Å². The molecule has 0 aliphatic carbocycles. The fourth-order valence-corrected chi connectivity index (χ4v) is 3.04. The van der Waals surface area contributed by atoms with E-state index in [9.17, 15) is 22.8 Å². The summed E-state index contributed by atoms with van der Waals surface area (Å²) < 4.78 is 38.5. The molecule has 3 aromatic rings.